The van der Waals surface area contributed by atoms with Crippen LogP contribution in [0.15, 0.2) is 27.8 Å². The van der Waals surface area contributed by atoms with Crippen molar-refractivity contribution in [3.05, 3.63) is 23.8 Å². The van der Waals surface area contributed by atoms with Gasteiger partial charge in [0.1, 0.15) is 5.52 Å². The molecule has 5 nitrogen and oxygen atoms in total. The summed E-state index contributed by atoms with van der Waals surface area (Å²) < 4.78 is 26.9. The Labute approximate surface area is 95.7 Å². The topological polar surface area (TPSA) is 84.0 Å². The molecule has 82 valence electrons. The van der Waals surface area contributed by atoms with E-state index in [4.69, 9.17) is 20.4 Å². The van der Waals surface area contributed by atoms with Crippen molar-refractivity contribution >= 4 is 30.8 Å². The molecule has 0 aliphatic rings. The number of rotatable bonds is 2. The average Bonchev–Trinajstić information content (AvgIpc) is 2.60. The van der Waals surface area contributed by atoms with Crippen LogP contribution >= 0.6 is 10.7 Å². The van der Waals surface area contributed by atoms with Gasteiger partial charge in [0.15, 0.2) is 5.58 Å². The summed E-state index contributed by atoms with van der Waals surface area (Å²) in [4.78, 5) is 3.72. The largest absolute Gasteiger partial charge is 0.427 e. The number of halogens is 1. The van der Waals surface area contributed by atoms with Crippen LogP contribution in [-0.2, 0) is 15.5 Å². The van der Waals surface area contributed by atoms with E-state index in [1.165, 1.54) is 0 Å². The minimum atomic E-state index is -3.96. The zero-order valence-electron chi connectivity index (χ0n) is 7.84. The lowest BCUT2D eigenvalue weighted by Crippen LogP contribution is -1.88. The summed E-state index contributed by atoms with van der Waals surface area (Å²) in [6, 6.07) is 6.81. The van der Waals surface area contributed by atoms with E-state index in [0.717, 1.165) is 5.56 Å². The fourth-order valence-electron chi connectivity index (χ4n) is 1.25. The first-order valence-corrected chi connectivity index (χ1v) is 6.53. The number of benzene rings is 1. The summed E-state index contributed by atoms with van der Waals surface area (Å²) in [6.07, 6.45) is 0.222. The number of hydrogen-bond donors (Lipinski definition) is 0. The number of fused-ring (bicyclic) bond motifs is 1. The Kier molecular flexibility index (Phi) is 2.58. The Bertz CT molecular complexity index is 684. The quantitative estimate of drug-likeness (QED) is 0.765. The van der Waals surface area contributed by atoms with Crippen LogP contribution in [0.3, 0.4) is 0 Å². The van der Waals surface area contributed by atoms with Crippen molar-refractivity contribution in [2.24, 2.45) is 0 Å². The van der Waals surface area contributed by atoms with Crippen LogP contribution in [0.2, 0.25) is 0 Å². The Morgan fingerprint density at radius 2 is 2.25 bits per heavy atom. The third-order valence-corrected chi connectivity index (χ3v) is 2.91. The van der Waals surface area contributed by atoms with Crippen molar-refractivity contribution in [1.82, 2.24) is 4.98 Å². The predicted molar refractivity (Wildman–Crippen MR) is 56.4 cm³/mol. The molecular formula is C9H5ClN2O3S. The highest BCUT2D eigenvalue weighted by Gasteiger charge is 2.18. The fourth-order valence-corrected chi connectivity index (χ4v) is 1.85. The van der Waals surface area contributed by atoms with Crippen molar-refractivity contribution < 1.29 is 12.8 Å². The second kappa shape index (κ2) is 3.77. The maximum absolute atomic E-state index is 11.0. The Morgan fingerprint density at radius 3 is 2.88 bits per heavy atom. The lowest BCUT2D eigenvalue weighted by molar-refractivity contribution is 0.464. The number of nitrogens with zero attached hydrogens (tertiary/aromatic N) is 2. The molecule has 1 aromatic carbocycles. The van der Waals surface area contributed by atoms with Gasteiger partial charge in [0.05, 0.1) is 12.5 Å². The highest BCUT2D eigenvalue weighted by molar-refractivity contribution is 8.13. The van der Waals surface area contributed by atoms with E-state index >= 15 is 0 Å². The van der Waals surface area contributed by atoms with Crippen LogP contribution in [0.25, 0.3) is 11.1 Å². The summed E-state index contributed by atoms with van der Waals surface area (Å²) >= 11 is 0. The normalized spacial score (nSPS) is 11.5. The molecule has 0 radical (unpaired) electrons. The van der Waals surface area contributed by atoms with E-state index in [1.807, 2.05) is 6.07 Å². The van der Waals surface area contributed by atoms with Gasteiger partial charge in [-0.2, -0.15) is 10.2 Å². The Morgan fingerprint density at radius 1 is 1.50 bits per heavy atom. The maximum Gasteiger partial charge on any atom is 0.332 e. The molecule has 16 heavy (non-hydrogen) atoms. The molecule has 0 aliphatic carbocycles. The molecule has 0 fully saturated rings. The van der Waals surface area contributed by atoms with E-state index in [9.17, 15) is 8.42 Å². The third kappa shape index (κ3) is 2.01. The number of nitriles is 1. The second-order valence-electron chi connectivity index (χ2n) is 3.05. The van der Waals surface area contributed by atoms with Crippen LogP contribution in [0, 0.1) is 11.3 Å². The van der Waals surface area contributed by atoms with Gasteiger partial charge >= 0.3 is 14.3 Å². The zero-order chi connectivity index (χ0) is 11.8. The van der Waals surface area contributed by atoms with Crippen LogP contribution in [0.1, 0.15) is 5.56 Å². The summed E-state index contributed by atoms with van der Waals surface area (Å²) in [5.74, 6) is 0. The minimum absolute atomic E-state index is 0.222. The lowest BCUT2D eigenvalue weighted by atomic mass is 10.1. The zero-order valence-corrected chi connectivity index (χ0v) is 9.42. The van der Waals surface area contributed by atoms with Gasteiger partial charge in [-0.3, -0.25) is 0 Å². The van der Waals surface area contributed by atoms with Crippen molar-refractivity contribution in [3.8, 4) is 6.07 Å². The van der Waals surface area contributed by atoms with Crippen LogP contribution in [-0.4, -0.2) is 13.4 Å². The van der Waals surface area contributed by atoms with Gasteiger partial charge < -0.3 is 4.42 Å². The highest BCUT2D eigenvalue weighted by atomic mass is 35.7. The summed E-state index contributed by atoms with van der Waals surface area (Å²) in [6.45, 7) is 0. The summed E-state index contributed by atoms with van der Waals surface area (Å²) in [5, 5.41) is 7.98. The first-order chi connectivity index (χ1) is 7.50. The molecule has 0 amide bonds. The molecule has 0 saturated carbocycles. The number of aromatic nitrogens is 1. The summed E-state index contributed by atoms with van der Waals surface area (Å²) in [5.41, 5.74) is 1.41. The lowest BCUT2D eigenvalue weighted by Gasteiger charge is -1.91. The molecule has 2 aromatic rings. The monoisotopic (exact) mass is 256 g/mol. The van der Waals surface area contributed by atoms with Gasteiger partial charge in [-0.25, -0.2) is 8.42 Å². The predicted octanol–water partition coefficient (Wildman–Crippen LogP) is 1.82. The number of hydrogen-bond acceptors (Lipinski definition) is 5. The van der Waals surface area contributed by atoms with E-state index in [1.54, 1.807) is 18.2 Å². The first-order valence-electron chi connectivity index (χ1n) is 4.22. The minimum Gasteiger partial charge on any atom is -0.427 e. The van der Waals surface area contributed by atoms with Gasteiger partial charge in [-0.05, 0) is 17.7 Å². The fraction of sp³-hybridized carbons (Fsp3) is 0.111. The van der Waals surface area contributed by atoms with Crippen molar-refractivity contribution in [1.29, 1.82) is 5.26 Å². The van der Waals surface area contributed by atoms with Crippen LogP contribution in [0.5, 0.6) is 0 Å². The molecule has 1 aromatic heterocycles. The molecule has 0 bridgehead atoms. The molecule has 0 N–H and O–H groups in total. The molecule has 0 aliphatic heterocycles. The van der Waals surface area contributed by atoms with Crippen LogP contribution < -0.4 is 0 Å². The van der Waals surface area contributed by atoms with Crippen molar-refractivity contribution in [3.63, 3.8) is 0 Å². The molecule has 0 saturated heterocycles. The molecule has 1 heterocycles. The maximum atomic E-state index is 11.0. The average molecular weight is 257 g/mol. The van der Waals surface area contributed by atoms with E-state index in [2.05, 4.69) is 4.98 Å². The Hall–Kier alpha value is -1.58. The molecule has 2 rings (SSSR count). The third-order valence-electron chi connectivity index (χ3n) is 1.92. The standard InChI is InChI=1S/C9H5ClN2O3S/c10-16(13,14)9-12-7-2-1-6(3-4-11)5-8(7)15-9/h1-2,5H,3H2. The van der Waals surface area contributed by atoms with Crippen LogP contribution in [0.4, 0.5) is 0 Å². The van der Waals surface area contributed by atoms with Crippen molar-refractivity contribution in [2.45, 2.75) is 11.6 Å². The molecule has 0 unspecified atom stereocenters. The highest BCUT2D eigenvalue weighted by Crippen LogP contribution is 2.22. The van der Waals surface area contributed by atoms with Gasteiger partial charge in [-0.15, -0.1) is 0 Å². The second-order valence-corrected chi connectivity index (χ2v) is 5.50. The molecular weight excluding hydrogens is 252 g/mol. The van der Waals surface area contributed by atoms with Gasteiger partial charge in [0.25, 0.3) is 0 Å². The molecule has 0 atom stereocenters. The summed E-state index contributed by atoms with van der Waals surface area (Å²) in [7, 11) is 1.13. The molecule has 7 heteroatoms. The smallest absolute Gasteiger partial charge is 0.332 e. The molecule has 0 spiro atoms. The van der Waals surface area contributed by atoms with Gasteiger partial charge in [-0.1, -0.05) is 6.07 Å². The van der Waals surface area contributed by atoms with Gasteiger partial charge in [0, 0.05) is 10.7 Å². The van der Waals surface area contributed by atoms with Crippen molar-refractivity contribution in [2.75, 3.05) is 0 Å². The van der Waals surface area contributed by atoms with E-state index < -0.39 is 14.3 Å². The Balaban J connectivity index is 2.60. The SMILES string of the molecule is N#CCc1ccc2nc(S(=O)(=O)Cl)oc2c1. The van der Waals surface area contributed by atoms with Gasteiger partial charge in [0.2, 0.25) is 0 Å². The van der Waals surface area contributed by atoms with E-state index in [0.29, 0.717) is 11.1 Å². The first kappa shape index (κ1) is 10.9. The number of oxazole rings is 1. The van der Waals surface area contributed by atoms with E-state index in [-0.39, 0.29) is 6.42 Å².